The average molecular weight is 284 g/mol. The maximum absolute atomic E-state index is 12.4. The molecule has 0 aliphatic carbocycles. The van der Waals surface area contributed by atoms with Crippen molar-refractivity contribution in [3.8, 4) is 0 Å². The van der Waals surface area contributed by atoms with Gasteiger partial charge in [0.25, 0.3) is 5.91 Å². The van der Waals surface area contributed by atoms with Gasteiger partial charge in [-0.15, -0.1) is 0 Å². The number of nitrogen functional groups attached to an aromatic ring is 1. The van der Waals surface area contributed by atoms with Crippen LogP contribution in [0.5, 0.6) is 0 Å². The van der Waals surface area contributed by atoms with E-state index >= 15 is 0 Å². The summed E-state index contributed by atoms with van der Waals surface area (Å²) in [5.41, 5.74) is 6.35. The van der Waals surface area contributed by atoms with Crippen LogP contribution in [0.4, 0.5) is 5.13 Å². The van der Waals surface area contributed by atoms with E-state index in [4.69, 9.17) is 10.8 Å². The molecule has 2 heterocycles. The molecule has 1 aromatic rings. The van der Waals surface area contributed by atoms with Crippen molar-refractivity contribution in [3.05, 3.63) is 10.6 Å². The number of aliphatic hydroxyl groups excluding tert-OH is 1. The van der Waals surface area contributed by atoms with Gasteiger partial charge in [0.05, 0.1) is 12.3 Å². The van der Waals surface area contributed by atoms with Crippen LogP contribution in [-0.2, 0) is 0 Å². The highest BCUT2D eigenvalue weighted by atomic mass is 32.1. The second-order valence-electron chi connectivity index (χ2n) is 4.68. The highest BCUT2D eigenvalue weighted by molar-refractivity contribution is 7.17. The Hall–Kier alpha value is -1.18. The van der Waals surface area contributed by atoms with Gasteiger partial charge in [0, 0.05) is 26.2 Å². The third kappa shape index (κ3) is 3.43. The Balaban J connectivity index is 2.02. The molecule has 2 rings (SSSR count). The number of aromatic nitrogens is 1. The number of hydrogen-bond donors (Lipinski definition) is 2. The number of β-amino-alcohol motifs (C(OH)–C–C–N with tert-alkyl or cyclic N) is 1. The standard InChI is InChI=1S/C12H20N4O2S/c1-9-10(19-12(13)14-9)11(18)16-4-2-3-15(5-6-16)7-8-17/h17H,2-8H2,1H3,(H2,13,14). The molecule has 106 valence electrons. The van der Waals surface area contributed by atoms with Crippen LogP contribution in [0.2, 0.25) is 0 Å². The summed E-state index contributed by atoms with van der Waals surface area (Å²) in [7, 11) is 0. The summed E-state index contributed by atoms with van der Waals surface area (Å²) in [6, 6.07) is 0. The lowest BCUT2D eigenvalue weighted by molar-refractivity contribution is 0.0764. The van der Waals surface area contributed by atoms with Crippen molar-refractivity contribution in [3.63, 3.8) is 0 Å². The van der Waals surface area contributed by atoms with Crippen LogP contribution in [0, 0.1) is 6.92 Å². The van der Waals surface area contributed by atoms with E-state index in [2.05, 4.69) is 9.88 Å². The minimum atomic E-state index is 0.0255. The number of rotatable bonds is 3. The lowest BCUT2D eigenvalue weighted by Crippen LogP contribution is -2.35. The van der Waals surface area contributed by atoms with E-state index in [1.165, 1.54) is 11.3 Å². The molecule has 1 aliphatic rings. The van der Waals surface area contributed by atoms with Gasteiger partial charge in [0.1, 0.15) is 4.88 Å². The normalized spacial score (nSPS) is 17.5. The van der Waals surface area contributed by atoms with E-state index in [1.54, 1.807) is 0 Å². The summed E-state index contributed by atoms with van der Waals surface area (Å²) in [6.07, 6.45) is 0.930. The number of anilines is 1. The van der Waals surface area contributed by atoms with Gasteiger partial charge in [0.15, 0.2) is 5.13 Å². The Kier molecular flexibility index (Phi) is 4.73. The van der Waals surface area contributed by atoms with Crippen LogP contribution in [-0.4, -0.2) is 65.1 Å². The van der Waals surface area contributed by atoms with Crippen LogP contribution in [0.25, 0.3) is 0 Å². The number of amides is 1. The number of aryl methyl sites for hydroxylation is 1. The van der Waals surface area contributed by atoms with Crippen LogP contribution in [0.3, 0.4) is 0 Å². The smallest absolute Gasteiger partial charge is 0.265 e. The summed E-state index contributed by atoms with van der Waals surface area (Å²) in [5, 5.41) is 9.40. The number of aliphatic hydroxyl groups is 1. The van der Waals surface area contributed by atoms with Gasteiger partial charge >= 0.3 is 0 Å². The summed E-state index contributed by atoms with van der Waals surface area (Å²) in [4.78, 5) is 21.2. The fourth-order valence-corrected chi connectivity index (χ4v) is 3.10. The van der Waals surface area contributed by atoms with Gasteiger partial charge < -0.3 is 15.7 Å². The quantitative estimate of drug-likeness (QED) is 0.827. The van der Waals surface area contributed by atoms with Crippen LogP contribution < -0.4 is 5.73 Å². The molecule has 0 radical (unpaired) electrons. The number of carbonyl (C=O) groups excluding carboxylic acids is 1. The van der Waals surface area contributed by atoms with E-state index in [0.717, 1.165) is 26.1 Å². The Morgan fingerprint density at radius 2 is 2.21 bits per heavy atom. The van der Waals surface area contributed by atoms with E-state index in [-0.39, 0.29) is 12.5 Å². The molecule has 19 heavy (non-hydrogen) atoms. The second-order valence-corrected chi connectivity index (χ2v) is 5.71. The van der Waals surface area contributed by atoms with Gasteiger partial charge in [-0.05, 0) is 19.9 Å². The fraction of sp³-hybridized carbons (Fsp3) is 0.667. The fourth-order valence-electron chi connectivity index (χ4n) is 2.30. The van der Waals surface area contributed by atoms with E-state index in [1.807, 2.05) is 11.8 Å². The topological polar surface area (TPSA) is 82.7 Å². The lowest BCUT2D eigenvalue weighted by atomic mass is 10.3. The van der Waals surface area contributed by atoms with Gasteiger partial charge in [0.2, 0.25) is 0 Å². The number of nitrogens with two attached hydrogens (primary N) is 1. The molecule has 0 bridgehead atoms. The first-order valence-electron chi connectivity index (χ1n) is 6.47. The Morgan fingerprint density at radius 3 is 2.84 bits per heavy atom. The predicted molar refractivity (Wildman–Crippen MR) is 75.3 cm³/mol. The van der Waals surface area contributed by atoms with Crippen molar-refractivity contribution < 1.29 is 9.90 Å². The molecular weight excluding hydrogens is 264 g/mol. The summed E-state index contributed by atoms with van der Waals surface area (Å²) < 4.78 is 0. The average Bonchev–Trinajstić information content (AvgIpc) is 2.59. The Bertz CT molecular complexity index is 449. The first kappa shape index (κ1) is 14.2. The molecule has 0 unspecified atom stereocenters. The van der Waals surface area contributed by atoms with Crippen LogP contribution in [0.15, 0.2) is 0 Å². The molecule has 0 saturated carbocycles. The summed E-state index contributed by atoms with van der Waals surface area (Å²) in [6.45, 7) is 5.82. The van der Waals surface area contributed by atoms with Gasteiger partial charge in [-0.3, -0.25) is 9.69 Å². The largest absolute Gasteiger partial charge is 0.395 e. The number of hydrogen-bond acceptors (Lipinski definition) is 6. The lowest BCUT2D eigenvalue weighted by Gasteiger charge is -2.21. The van der Waals surface area contributed by atoms with Gasteiger partial charge in [-0.25, -0.2) is 4.98 Å². The molecule has 0 aromatic carbocycles. The molecule has 1 saturated heterocycles. The molecule has 0 atom stereocenters. The minimum Gasteiger partial charge on any atom is -0.395 e. The van der Waals surface area contributed by atoms with Crippen molar-refractivity contribution in [1.29, 1.82) is 0 Å². The van der Waals surface area contributed by atoms with Crippen molar-refractivity contribution in [2.75, 3.05) is 45.1 Å². The predicted octanol–water partition coefficient (Wildman–Crippen LogP) is 0.174. The van der Waals surface area contributed by atoms with Crippen molar-refractivity contribution in [2.45, 2.75) is 13.3 Å². The molecule has 1 fully saturated rings. The Labute approximate surface area is 116 Å². The second kappa shape index (κ2) is 6.31. The molecule has 1 amide bonds. The van der Waals surface area contributed by atoms with E-state index < -0.39 is 0 Å². The molecule has 6 nitrogen and oxygen atoms in total. The summed E-state index contributed by atoms with van der Waals surface area (Å²) in [5.74, 6) is 0.0255. The monoisotopic (exact) mass is 284 g/mol. The molecule has 0 spiro atoms. The first-order chi connectivity index (χ1) is 9.11. The van der Waals surface area contributed by atoms with Gasteiger partial charge in [-0.2, -0.15) is 0 Å². The van der Waals surface area contributed by atoms with Crippen molar-refractivity contribution >= 4 is 22.4 Å². The first-order valence-corrected chi connectivity index (χ1v) is 7.29. The molecule has 7 heteroatoms. The number of nitrogens with zero attached hydrogens (tertiary/aromatic N) is 3. The number of carbonyl (C=O) groups is 1. The van der Waals surface area contributed by atoms with Crippen LogP contribution in [0.1, 0.15) is 21.8 Å². The zero-order valence-corrected chi connectivity index (χ0v) is 11.9. The molecule has 1 aromatic heterocycles. The summed E-state index contributed by atoms with van der Waals surface area (Å²) >= 11 is 1.26. The molecule has 1 aliphatic heterocycles. The number of thiazole rings is 1. The molecular formula is C12H20N4O2S. The zero-order chi connectivity index (χ0) is 13.8. The van der Waals surface area contributed by atoms with Crippen molar-refractivity contribution in [2.24, 2.45) is 0 Å². The Morgan fingerprint density at radius 1 is 1.42 bits per heavy atom. The van der Waals surface area contributed by atoms with Gasteiger partial charge in [-0.1, -0.05) is 11.3 Å². The highest BCUT2D eigenvalue weighted by Crippen LogP contribution is 2.22. The minimum absolute atomic E-state index is 0.0255. The van der Waals surface area contributed by atoms with E-state index in [9.17, 15) is 4.79 Å². The molecule has 3 N–H and O–H groups in total. The maximum atomic E-state index is 12.4. The highest BCUT2D eigenvalue weighted by Gasteiger charge is 2.23. The third-order valence-electron chi connectivity index (χ3n) is 3.30. The third-order valence-corrected chi connectivity index (χ3v) is 4.27. The SMILES string of the molecule is Cc1nc(N)sc1C(=O)N1CCCN(CCO)CC1. The van der Waals surface area contributed by atoms with Crippen molar-refractivity contribution in [1.82, 2.24) is 14.8 Å². The zero-order valence-electron chi connectivity index (χ0n) is 11.1. The maximum Gasteiger partial charge on any atom is 0.265 e. The van der Waals surface area contributed by atoms with Crippen LogP contribution >= 0.6 is 11.3 Å². The van der Waals surface area contributed by atoms with E-state index in [0.29, 0.717) is 28.8 Å².